The Labute approximate surface area is 208 Å². The summed E-state index contributed by atoms with van der Waals surface area (Å²) in [5.41, 5.74) is 7.09. The molecule has 8 nitrogen and oxygen atoms in total. The van der Waals surface area contributed by atoms with Crippen LogP contribution in [0.3, 0.4) is 0 Å². The predicted molar refractivity (Wildman–Crippen MR) is 133 cm³/mol. The second-order valence-electron chi connectivity index (χ2n) is 8.58. The van der Waals surface area contributed by atoms with Crippen molar-refractivity contribution in [2.45, 2.75) is 44.3 Å². The fourth-order valence-corrected chi connectivity index (χ4v) is 4.78. The minimum Gasteiger partial charge on any atom is -0.294 e. The van der Waals surface area contributed by atoms with Crippen LogP contribution in [0.25, 0.3) is 5.69 Å². The van der Waals surface area contributed by atoms with E-state index in [2.05, 4.69) is 32.9 Å². The molecule has 2 aromatic carbocycles. The van der Waals surface area contributed by atoms with Gasteiger partial charge in [-0.2, -0.15) is 0 Å². The monoisotopic (exact) mass is 496 g/mol. The van der Waals surface area contributed by atoms with Gasteiger partial charge in [-0.15, -0.1) is 10.2 Å². The molecular weight excluding hydrogens is 467 g/mol. The number of carbonyl (C=O) groups is 2. The number of amides is 2. The van der Waals surface area contributed by atoms with Crippen molar-refractivity contribution >= 4 is 23.6 Å². The first-order valence-corrected chi connectivity index (χ1v) is 12.6. The lowest BCUT2D eigenvalue weighted by molar-refractivity contribution is -0.119. The summed E-state index contributed by atoms with van der Waals surface area (Å²) in [6, 6.07) is 13.2. The van der Waals surface area contributed by atoms with Crippen molar-refractivity contribution in [1.82, 2.24) is 30.5 Å². The Kier molecular flexibility index (Phi) is 8.14. The minimum absolute atomic E-state index is 0.0184. The highest BCUT2D eigenvalue weighted by molar-refractivity contribution is 7.99. The molecule has 0 saturated carbocycles. The average Bonchev–Trinajstić information content (AvgIpc) is 3.31. The highest BCUT2D eigenvalue weighted by Gasteiger charge is 2.26. The Bertz CT molecular complexity index is 1160. The van der Waals surface area contributed by atoms with Crippen molar-refractivity contribution in [2.75, 3.05) is 18.8 Å². The molecule has 184 valence electrons. The van der Waals surface area contributed by atoms with E-state index in [0.717, 1.165) is 43.0 Å². The Morgan fingerprint density at radius 2 is 1.69 bits per heavy atom. The maximum absolute atomic E-state index is 13.6. The number of rotatable bonds is 7. The van der Waals surface area contributed by atoms with Crippen molar-refractivity contribution in [2.24, 2.45) is 0 Å². The molecule has 2 amide bonds. The van der Waals surface area contributed by atoms with Crippen LogP contribution >= 0.6 is 11.8 Å². The van der Waals surface area contributed by atoms with Crippen LogP contribution in [0.5, 0.6) is 0 Å². The van der Waals surface area contributed by atoms with Crippen LogP contribution in [0, 0.1) is 12.7 Å². The lowest BCUT2D eigenvalue weighted by Crippen LogP contribution is -2.42. The summed E-state index contributed by atoms with van der Waals surface area (Å²) in [6.45, 7) is 6.01. The maximum atomic E-state index is 13.6. The topological polar surface area (TPSA) is 92.2 Å². The van der Waals surface area contributed by atoms with Gasteiger partial charge in [0, 0.05) is 11.3 Å². The van der Waals surface area contributed by atoms with Crippen molar-refractivity contribution in [3.05, 3.63) is 71.3 Å². The number of likely N-dealkylation sites (tertiary alicyclic amines) is 1. The van der Waals surface area contributed by atoms with Gasteiger partial charge in [0.2, 0.25) is 5.91 Å². The van der Waals surface area contributed by atoms with Crippen LogP contribution < -0.4 is 10.9 Å². The number of halogens is 1. The molecule has 1 aromatic heterocycles. The molecule has 0 aliphatic carbocycles. The number of aromatic nitrogens is 3. The second kappa shape index (κ2) is 11.5. The first-order valence-electron chi connectivity index (χ1n) is 11.7. The lowest BCUT2D eigenvalue weighted by Gasteiger charge is -2.31. The molecule has 4 rings (SSSR count). The summed E-state index contributed by atoms with van der Waals surface area (Å²) in [5, 5.41) is 9.31. The van der Waals surface area contributed by atoms with Gasteiger partial charge in [0.05, 0.1) is 11.8 Å². The Morgan fingerprint density at radius 3 is 2.37 bits per heavy atom. The summed E-state index contributed by atoms with van der Waals surface area (Å²) < 4.78 is 15.5. The van der Waals surface area contributed by atoms with E-state index in [1.807, 2.05) is 23.6 Å². The molecule has 0 bridgehead atoms. The number of hydrogen-bond donors (Lipinski definition) is 2. The number of benzene rings is 2. The van der Waals surface area contributed by atoms with Crippen LogP contribution in [-0.4, -0.2) is 50.3 Å². The quantitative estimate of drug-likeness (QED) is 0.382. The fourth-order valence-electron chi connectivity index (χ4n) is 4.02. The molecule has 1 saturated heterocycles. The summed E-state index contributed by atoms with van der Waals surface area (Å²) in [7, 11) is 0. The number of thioether (sulfide) groups is 1. The molecule has 2 heterocycles. The third-order valence-corrected chi connectivity index (χ3v) is 6.95. The van der Waals surface area contributed by atoms with Crippen molar-refractivity contribution in [3.8, 4) is 5.69 Å². The smallest absolute Gasteiger partial charge is 0.269 e. The Balaban J connectivity index is 1.45. The van der Waals surface area contributed by atoms with Crippen LogP contribution in [0.2, 0.25) is 0 Å². The van der Waals surface area contributed by atoms with Crippen LogP contribution in [0.4, 0.5) is 4.39 Å². The van der Waals surface area contributed by atoms with E-state index in [-0.39, 0.29) is 23.5 Å². The highest BCUT2D eigenvalue weighted by atomic mass is 32.2. The van der Waals surface area contributed by atoms with Gasteiger partial charge in [-0.25, -0.2) is 4.39 Å². The molecule has 1 fully saturated rings. The highest BCUT2D eigenvalue weighted by Crippen LogP contribution is 2.29. The summed E-state index contributed by atoms with van der Waals surface area (Å²) in [6.07, 6.45) is 3.51. The van der Waals surface area contributed by atoms with E-state index in [1.165, 1.54) is 30.3 Å². The number of nitrogens with one attached hydrogen (secondary N) is 2. The lowest BCUT2D eigenvalue weighted by atomic mass is 10.1. The van der Waals surface area contributed by atoms with Gasteiger partial charge in [0.1, 0.15) is 5.82 Å². The third kappa shape index (κ3) is 6.26. The number of hydrogen-bond acceptors (Lipinski definition) is 6. The average molecular weight is 497 g/mol. The van der Waals surface area contributed by atoms with Crippen molar-refractivity contribution in [3.63, 3.8) is 0 Å². The van der Waals surface area contributed by atoms with Crippen molar-refractivity contribution < 1.29 is 14.0 Å². The largest absolute Gasteiger partial charge is 0.294 e. The number of aryl methyl sites for hydroxylation is 1. The zero-order valence-corrected chi connectivity index (χ0v) is 20.6. The van der Waals surface area contributed by atoms with Crippen LogP contribution in [-0.2, 0) is 4.79 Å². The van der Waals surface area contributed by atoms with Gasteiger partial charge in [-0.3, -0.25) is 29.9 Å². The van der Waals surface area contributed by atoms with E-state index in [4.69, 9.17) is 0 Å². The van der Waals surface area contributed by atoms with Gasteiger partial charge >= 0.3 is 0 Å². The third-order valence-electron chi connectivity index (χ3n) is 6.02. The summed E-state index contributed by atoms with van der Waals surface area (Å²) in [5.74, 6) is -0.337. The van der Waals surface area contributed by atoms with Crippen molar-refractivity contribution in [1.29, 1.82) is 0 Å². The molecule has 1 atom stereocenters. The molecule has 1 aliphatic heterocycles. The normalized spacial score (nSPS) is 14.9. The van der Waals surface area contributed by atoms with Gasteiger partial charge in [-0.05, 0) is 76.2 Å². The molecule has 1 aliphatic rings. The SMILES string of the molecule is Cc1ccc(C(=O)NNC(=O)CSc2nnc([C@@H](C)N3CCCCC3)n2-c2ccc(F)cc2)cc1. The van der Waals surface area contributed by atoms with Gasteiger partial charge < -0.3 is 0 Å². The van der Waals surface area contributed by atoms with Gasteiger partial charge in [-0.1, -0.05) is 35.9 Å². The van der Waals surface area contributed by atoms with E-state index >= 15 is 0 Å². The summed E-state index contributed by atoms with van der Waals surface area (Å²) in [4.78, 5) is 27.0. The number of carbonyl (C=O) groups excluding carboxylic acids is 2. The fraction of sp³-hybridized carbons (Fsp3) is 0.360. The molecule has 35 heavy (non-hydrogen) atoms. The predicted octanol–water partition coefficient (Wildman–Crippen LogP) is 3.82. The Hall–Kier alpha value is -3.24. The van der Waals surface area contributed by atoms with Gasteiger partial charge in [0.15, 0.2) is 11.0 Å². The van der Waals surface area contributed by atoms with Crippen LogP contribution in [0.1, 0.15) is 54.0 Å². The van der Waals surface area contributed by atoms with E-state index in [1.54, 1.807) is 24.3 Å². The molecule has 2 N–H and O–H groups in total. The van der Waals surface area contributed by atoms with E-state index in [9.17, 15) is 14.0 Å². The maximum Gasteiger partial charge on any atom is 0.269 e. The molecule has 0 unspecified atom stereocenters. The molecule has 0 radical (unpaired) electrons. The van der Waals surface area contributed by atoms with Gasteiger partial charge in [0.25, 0.3) is 5.91 Å². The number of hydrazine groups is 1. The zero-order chi connectivity index (χ0) is 24.8. The number of nitrogens with zero attached hydrogens (tertiary/aromatic N) is 4. The first kappa shape index (κ1) is 24.9. The van der Waals surface area contributed by atoms with Crippen LogP contribution in [0.15, 0.2) is 53.7 Å². The standard InChI is InChI=1S/C25H29FN6O2S/c1-17-6-8-19(9-7-17)24(34)29-27-22(33)16-35-25-30-28-23(18(2)31-14-4-3-5-15-31)32(25)21-12-10-20(26)11-13-21/h6-13,18H,3-5,14-16H2,1-2H3,(H,27,33)(H,29,34)/t18-/m1/s1. The molecular formula is C25H29FN6O2S. The van der Waals surface area contributed by atoms with E-state index < -0.39 is 5.91 Å². The zero-order valence-electron chi connectivity index (χ0n) is 19.8. The first-order chi connectivity index (χ1) is 16.9. The van der Waals surface area contributed by atoms with E-state index in [0.29, 0.717) is 10.7 Å². The molecule has 3 aromatic rings. The number of piperidine rings is 1. The molecule has 10 heteroatoms. The Morgan fingerprint density at radius 1 is 1.00 bits per heavy atom. The minimum atomic E-state index is -0.393. The molecule has 0 spiro atoms. The summed E-state index contributed by atoms with van der Waals surface area (Å²) >= 11 is 1.20. The second-order valence-corrected chi connectivity index (χ2v) is 9.52.